The van der Waals surface area contributed by atoms with Crippen LogP contribution in [0.2, 0.25) is 0 Å². The lowest BCUT2D eigenvalue weighted by Crippen LogP contribution is -2.47. The maximum Gasteiger partial charge on any atom is 0.242 e. The zero-order valence-electron chi connectivity index (χ0n) is 7.60. The van der Waals surface area contributed by atoms with Gasteiger partial charge in [0.15, 0.2) is 0 Å². The first kappa shape index (κ1) is 8.05. The Bertz CT molecular complexity index is 197. The molecule has 68 valence electrons. The standard InChI is InChI=1S/C9H16N2O/c1-2-11-7-5-9(8(11)12)4-3-6-10-9/h10H,2-7H2,1H3/t9-/m0/s1. The van der Waals surface area contributed by atoms with E-state index in [0.717, 1.165) is 38.9 Å². The number of hydrogen-bond acceptors (Lipinski definition) is 2. The fourth-order valence-corrected chi connectivity index (χ4v) is 2.34. The fraction of sp³-hybridized carbons (Fsp3) is 0.889. The molecule has 1 amide bonds. The Hall–Kier alpha value is -0.570. The predicted molar refractivity (Wildman–Crippen MR) is 46.8 cm³/mol. The number of nitrogens with one attached hydrogen (secondary N) is 1. The van der Waals surface area contributed by atoms with Crippen molar-refractivity contribution >= 4 is 5.91 Å². The summed E-state index contributed by atoms with van der Waals surface area (Å²) in [5.41, 5.74) is -0.143. The largest absolute Gasteiger partial charge is 0.341 e. The van der Waals surface area contributed by atoms with Crippen LogP contribution in [0.1, 0.15) is 26.2 Å². The van der Waals surface area contributed by atoms with Crippen molar-refractivity contribution in [3.05, 3.63) is 0 Å². The van der Waals surface area contributed by atoms with Crippen LogP contribution in [0.4, 0.5) is 0 Å². The number of likely N-dealkylation sites (N-methyl/N-ethyl adjacent to an activating group) is 1. The average molecular weight is 168 g/mol. The Labute approximate surface area is 73.1 Å². The molecule has 0 aliphatic carbocycles. The summed E-state index contributed by atoms with van der Waals surface area (Å²) in [6.07, 6.45) is 3.21. The molecule has 12 heavy (non-hydrogen) atoms. The Morgan fingerprint density at radius 1 is 1.58 bits per heavy atom. The van der Waals surface area contributed by atoms with Crippen LogP contribution in [0.15, 0.2) is 0 Å². The van der Waals surface area contributed by atoms with Gasteiger partial charge in [0.2, 0.25) is 5.91 Å². The number of likely N-dealkylation sites (tertiary alicyclic amines) is 1. The minimum absolute atomic E-state index is 0.143. The summed E-state index contributed by atoms with van der Waals surface area (Å²) in [5.74, 6) is 0.336. The third kappa shape index (κ3) is 0.959. The van der Waals surface area contributed by atoms with Gasteiger partial charge in [0, 0.05) is 13.1 Å². The molecule has 0 aromatic heterocycles. The normalized spacial score (nSPS) is 35.4. The molecule has 2 heterocycles. The van der Waals surface area contributed by atoms with Crippen LogP contribution in [0.3, 0.4) is 0 Å². The van der Waals surface area contributed by atoms with Crippen molar-refractivity contribution < 1.29 is 4.79 Å². The molecule has 2 aliphatic rings. The Morgan fingerprint density at radius 3 is 2.92 bits per heavy atom. The lowest BCUT2D eigenvalue weighted by Gasteiger charge is -2.22. The number of nitrogens with zero attached hydrogens (tertiary/aromatic N) is 1. The molecule has 3 heteroatoms. The summed E-state index contributed by atoms with van der Waals surface area (Å²) in [5, 5.41) is 3.35. The third-order valence-electron chi connectivity index (χ3n) is 3.13. The Balaban J connectivity index is 2.14. The van der Waals surface area contributed by atoms with Gasteiger partial charge < -0.3 is 10.2 Å². The summed E-state index contributed by atoms with van der Waals surface area (Å²) in [4.78, 5) is 13.8. The highest BCUT2D eigenvalue weighted by Crippen LogP contribution is 2.30. The van der Waals surface area contributed by atoms with Crippen LogP contribution in [-0.2, 0) is 4.79 Å². The first-order valence-corrected chi connectivity index (χ1v) is 4.83. The van der Waals surface area contributed by atoms with Gasteiger partial charge in [0.25, 0.3) is 0 Å². The third-order valence-corrected chi connectivity index (χ3v) is 3.13. The minimum Gasteiger partial charge on any atom is -0.341 e. The van der Waals surface area contributed by atoms with E-state index in [0.29, 0.717) is 5.91 Å². The lowest BCUT2D eigenvalue weighted by molar-refractivity contribution is -0.132. The molecule has 1 spiro atoms. The predicted octanol–water partition coefficient (Wildman–Crippen LogP) is 0.361. The van der Waals surface area contributed by atoms with E-state index in [1.165, 1.54) is 0 Å². The molecule has 2 fully saturated rings. The summed E-state index contributed by atoms with van der Waals surface area (Å²) in [7, 11) is 0. The van der Waals surface area contributed by atoms with Crippen LogP contribution in [-0.4, -0.2) is 36.0 Å². The molecule has 2 saturated heterocycles. The number of amides is 1. The first-order valence-electron chi connectivity index (χ1n) is 4.83. The number of carbonyl (C=O) groups is 1. The van der Waals surface area contributed by atoms with Crippen molar-refractivity contribution in [1.29, 1.82) is 0 Å². The molecule has 2 rings (SSSR count). The van der Waals surface area contributed by atoms with Gasteiger partial charge in [-0.25, -0.2) is 0 Å². The van der Waals surface area contributed by atoms with Crippen LogP contribution < -0.4 is 5.32 Å². The van der Waals surface area contributed by atoms with Crippen molar-refractivity contribution in [3.8, 4) is 0 Å². The van der Waals surface area contributed by atoms with Crippen LogP contribution in [0.5, 0.6) is 0 Å². The molecule has 0 aromatic rings. The van der Waals surface area contributed by atoms with E-state index < -0.39 is 0 Å². The first-order chi connectivity index (χ1) is 5.78. The highest BCUT2D eigenvalue weighted by Gasteiger charge is 2.47. The van der Waals surface area contributed by atoms with Crippen molar-refractivity contribution in [2.75, 3.05) is 19.6 Å². The smallest absolute Gasteiger partial charge is 0.242 e. The quantitative estimate of drug-likeness (QED) is 0.613. The molecule has 2 aliphatic heterocycles. The van der Waals surface area contributed by atoms with Gasteiger partial charge in [-0.05, 0) is 32.7 Å². The minimum atomic E-state index is -0.143. The fourth-order valence-electron chi connectivity index (χ4n) is 2.34. The average Bonchev–Trinajstić information content (AvgIpc) is 2.65. The van der Waals surface area contributed by atoms with Gasteiger partial charge in [-0.15, -0.1) is 0 Å². The van der Waals surface area contributed by atoms with Crippen molar-refractivity contribution in [2.24, 2.45) is 0 Å². The van der Waals surface area contributed by atoms with Gasteiger partial charge in [-0.2, -0.15) is 0 Å². The molecule has 0 bridgehead atoms. The molecule has 0 unspecified atom stereocenters. The van der Waals surface area contributed by atoms with E-state index >= 15 is 0 Å². The van der Waals surface area contributed by atoms with Gasteiger partial charge in [0.05, 0.1) is 5.54 Å². The molecule has 1 N–H and O–H groups in total. The van der Waals surface area contributed by atoms with Crippen molar-refractivity contribution in [2.45, 2.75) is 31.7 Å². The summed E-state index contributed by atoms with van der Waals surface area (Å²) < 4.78 is 0. The summed E-state index contributed by atoms with van der Waals surface area (Å²) in [6.45, 7) is 4.87. The number of hydrogen-bond donors (Lipinski definition) is 1. The molecular weight excluding hydrogens is 152 g/mol. The van der Waals surface area contributed by atoms with Crippen molar-refractivity contribution in [3.63, 3.8) is 0 Å². The van der Waals surface area contributed by atoms with Gasteiger partial charge in [0.1, 0.15) is 0 Å². The second kappa shape index (κ2) is 2.73. The maximum atomic E-state index is 11.8. The van der Waals surface area contributed by atoms with E-state index in [1.807, 2.05) is 11.8 Å². The van der Waals surface area contributed by atoms with Crippen LogP contribution in [0.25, 0.3) is 0 Å². The second-order valence-electron chi connectivity index (χ2n) is 3.75. The van der Waals surface area contributed by atoms with Crippen molar-refractivity contribution in [1.82, 2.24) is 10.2 Å². The summed E-state index contributed by atoms with van der Waals surface area (Å²) >= 11 is 0. The van der Waals surface area contributed by atoms with E-state index in [1.54, 1.807) is 0 Å². The van der Waals surface area contributed by atoms with E-state index in [2.05, 4.69) is 5.32 Å². The monoisotopic (exact) mass is 168 g/mol. The zero-order chi connectivity index (χ0) is 8.60. The van der Waals surface area contributed by atoms with Gasteiger partial charge in [-0.3, -0.25) is 4.79 Å². The van der Waals surface area contributed by atoms with E-state index in [4.69, 9.17) is 0 Å². The zero-order valence-corrected chi connectivity index (χ0v) is 7.60. The highest BCUT2D eigenvalue weighted by atomic mass is 16.2. The molecular formula is C9H16N2O. The lowest BCUT2D eigenvalue weighted by atomic mass is 9.96. The second-order valence-corrected chi connectivity index (χ2v) is 3.75. The van der Waals surface area contributed by atoms with Gasteiger partial charge in [-0.1, -0.05) is 0 Å². The molecule has 0 aromatic carbocycles. The molecule has 0 saturated carbocycles. The Kier molecular flexibility index (Phi) is 1.83. The number of rotatable bonds is 1. The Morgan fingerprint density at radius 2 is 2.42 bits per heavy atom. The topological polar surface area (TPSA) is 32.3 Å². The highest BCUT2D eigenvalue weighted by molar-refractivity contribution is 5.88. The summed E-state index contributed by atoms with van der Waals surface area (Å²) in [6, 6.07) is 0. The SMILES string of the molecule is CCN1CC[C@@]2(CCCN2)C1=O. The van der Waals surface area contributed by atoms with Crippen LogP contribution in [0, 0.1) is 0 Å². The maximum absolute atomic E-state index is 11.8. The number of carbonyl (C=O) groups excluding carboxylic acids is 1. The molecule has 0 radical (unpaired) electrons. The van der Waals surface area contributed by atoms with Crippen LogP contribution >= 0.6 is 0 Å². The molecule has 3 nitrogen and oxygen atoms in total. The van der Waals surface area contributed by atoms with E-state index in [-0.39, 0.29) is 5.54 Å². The molecule has 1 atom stereocenters. The van der Waals surface area contributed by atoms with Gasteiger partial charge >= 0.3 is 0 Å². The van der Waals surface area contributed by atoms with E-state index in [9.17, 15) is 4.79 Å².